The maximum atomic E-state index is 3.42. The lowest BCUT2D eigenvalue weighted by Gasteiger charge is -2.32. The van der Waals surface area contributed by atoms with Crippen molar-refractivity contribution in [2.24, 2.45) is 5.92 Å². The van der Waals surface area contributed by atoms with Gasteiger partial charge in [-0.05, 0) is 63.3 Å². The van der Waals surface area contributed by atoms with Gasteiger partial charge < -0.3 is 5.32 Å². The van der Waals surface area contributed by atoms with Crippen LogP contribution in [0.3, 0.4) is 0 Å². The lowest BCUT2D eigenvalue weighted by molar-refractivity contribution is 0.171. The Morgan fingerprint density at radius 2 is 1.89 bits per heavy atom. The van der Waals surface area contributed by atoms with Crippen LogP contribution in [-0.2, 0) is 6.54 Å². The Morgan fingerprint density at radius 1 is 1.16 bits per heavy atom. The molecule has 0 bridgehead atoms. The van der Waals surface area contributed by atoms with Gasteiger partial charge in [0.25, 0.3) is 0 Å². The molecule has 1 aromatic carbocycles. The molecular formula is C17H28N2. The first-order valence-corrected chi connectivity index (χ1v) is 7.85. The number of benzene rings is 1. The van der Waals surface area contributed by atoms with E-state index >= 15 is 0 Å². The summed E-state index contributed by atoms with van der Waals surface area (Å²) in [5.41, 5.74) is 1.45. The summed E-state index contributed by atoms with van der Waals surface area (Å²) in [5, 5.41) is 3.42. The summed E-state index contributed by atoms with van der Waals surface area (Å²) < 4.78 is 0. The van der Waals surface area contributed by atoms with E-state index in [4.69, 9.17) is 0 Å². The van der Waals surface area contributed by atoms with Crippen LogP contribution in [0.25, 0.3) is 0 Å². The van der Waals surface area contributed by atoms with Crippen molar-refractivity contribution in [2.45, 2.75) is 39.2 Å². The molecule has 1 aromatic rings. The maximum absolute atomic E-state index is 3.42. The molecule has 0 atom stereocenters. The normalized spacial score (nSPS) is 17.7. The van der Waals surface area contributed by atoms with E-state index < -0.39 is 0 Å². The SMILES string of the molecule is CCNCCCC1CCN(Cc2ccccc2)CC1. The van der Waals surface area contributed by atoms with E-state index in [1.807, 2.05) is 0 Å². The fourth-order valence-electron chi connectivity index (χ4n) is 2.97. The summed E-state index contributed by atoms with van der Waals surface area (Å²) >= 11 is 0. The van der Waals surface area contributed by atoms with E-state index in [1.165, 1.54) is 50.9 Å². The average Bonchev–Trinajstić information content (AvgIpc) is 2.46. The van der Waals surface area contributed by atoms with E-state index in [1.54, 1.807) is 0 Å². The lowest BCUT2D eigenvalue weighted by Crippen LogP contribution is -2.33. The number of nitrogens with zero attached hydrogens (tertiary/aromatic N) is 1. The molecular weight excluding hydrogens is 232 g/mol. The largest absolute Gasteiger partial charge is 0.317 e. The van der Waals surface area contributed by atoms with Crippen molar-refractivity contribution in [1.29, 1.82) is 0 Å². The van der Waals surface area contributed by atoms with Crippen LogP contribution >= 0.6 is 0 Å². The zero-order chi connectivity index (χ0) is 13.3. The minimum Gasteiger partial charge on any atom is -0.317 e. The molecule has 1 fully saturated rings. The Bertz CT molecular complexity index is 328. The molecule has 1 saturated heterocycles. The molecule has 2 nitrogen and oxygen atoms in total. The van der Waals surface area contributed by atoms with Gasteiger partial charge in [-0.1, -0.05) is 37.3 Å². The van der Waals surface area contributed by atoms with Gasteiger partial charge in [0.2, 0.25) is 0 Å². The summed E-state index contributed by atoms with van der Waals surface area (Å²) in [7, 11) is 0. The highest BCUT2D eigenvalue weighted by atomic mass is 15.1. The minimum atomic E-state index is 0.964. The predicted molar refractivity (Wildman–Crippen MR) is 82.2 cm³/mol. The van der Waals surface area contributed by atoms with Crippen molar-refractivity contribution < 1.29 is 0 Å². The molecule has 0 unspecified atom stereocenters. The number of piperidine rings is 1. The molecule has 0 aromatic heterocycles. The van der Waals surface area contributed by atoms with Crippen LogP contribution in [0.5, 0.6) is 0 Å². The first-order chi connectivity index (χ1) is 9.38. The van der Waals surface area contributed by atoms with Gasteiger partial charge in [0.05, 0.1) is 0 Å². The number of likely N-dealkylation sites (tertiary alicyclic amines) is 1. The lowest BCUT2D eigenvalue weighted by atomic mass is 9.92. The Balaban J connectivity index is 1.62. The second-order valence-corrected chi connectivity index (χ2v) is 5.70. The Hall–Kier alpha value is -0.860. The van der Waals surface area contributed by atoms with Crippen LogP contribution in [0.15, 0.2) is 30.3 Å². The van der Waals surface area contributed by atoms with Crippen LogP contribution in [-0.4, -0.2) is 31.1 Å². The van der Waals surface area contributed by atoms with Gasteiger partial charge in [-0.25, -0.2) is 0 Å². The third-order valence-corrected chi connectivity index (χ3v) is 4.17. The topological polar surface area (TPSA) is 15.3 Å². The summed E-state index contributed by atoms with van der Waals surface area (Å²) in [4.78, 5) is 2.61. The van der Waals surface area contributed by atoms with Crippen LogP contribution in [0.4, 0.5) is 0 Å². The summed E-state index contributed by atoms with van der Waals surface area (Å²) in [5.74, 6) is 0.964. The molecule has 0 spiro atoms. The molecule has 0 radical (unpaired) electrons. The summed E-state index contributed by atoms with van der Waals surface area (Å²) in [6.45, 7) is 8.17. The van der Waals surface area contributed by atoms with E-state index in [9.17, 15) is 0 Å². The van der Waals surface area contributed by atoms with E-state index in [2.05, 4.69) is 47.5 Å². The van der Waals surface area contributed by atoms with Crippen molar-refractivity contribution in [1.82, 2.24) is 10.2 Å². The average molecular weight is 260 g/mol. The zero-order valence-electron chi connectivity index (χ0n) is 12.3. The minimum absolute atomic E-state index is 0.964. The third-order valence-electron chi connectivity index (χ3n) is 4.17. The van der Waals surface area contributed by atoms with Gasteiger partial charge in [0.15, 0.2) is 0 Å². The highest BCUT2D eigenvalue weighted by molar-refractivity contribution is 5.14. The molecule has 1 aliphatic heterocycles. The highest BCUT2D eigenvalue weighted by Crippen LogP contribution is 2.22. The molecule has 106 valence electrons. The van der Waals surface area contributed by atoms with Crippen molar-refractivity contribution in [2.75, 3.05) is 26.2 Å². The fraction of sp³-hybridized carbons (Fsp3) is 0.647. The van der Waals surface area contributed by atoms with Crippen molar-refractivity contribution >= 4 is 0 Å². The molecule has 0 saturated carbocycles. The number of hydrogen-bond acceptors (Lipinski definition) is 2. The van der Waals surface area contributed by atoms with Gasteiger partial charge >= 0.3 is 0 Å². The Kier molecular flexibility index (Phi) is 6.38. The molecule has 1 heterocycles. The smallest absolute Gasteiger partial charge is 0.0233 e. The number of hydrogen-bond donors (Lipinski definition) is 1. The third kappa shape index (κ3) is 5.33. The second kappa shape index (κ2) is 8.34. The predicted octanol–water partition coefficient (Wildman–Crippen LogP) is 3.29. The number of nitrogens with one attached hydrogen (secondary N) is 1. The van der Waals surface area contributed by atoms with E-state index in [0.29, 0.717) is 0 Å². The Morgan fingerprint density at radius 3 is 2.58 bits per heavy atom. The number of rotatable bonds is 7. The molecule has 1 aliphatic rings. The monoisotopic (exact) mass is 260 g/mol. The molecule has 1 N–H and O–H groups in total. The van der Waals surface area contributed by atoms with E-state index in [-0.39, 0.29) is 0 Å². The van der Waals surface area contributed by atoms with Crippen LogP contribution in [0, 0.1) is 5.92 Å². The second-order valence-electron chi connectivity index (χ2n) is 5.70. The highest BCUT2D eigenvalue weighted by Gasteiger charge is 2.18. The fourth-order valence-corrected chi connectivity index (χ4v) is 2.97. The standard InChI is InChI=1S/C17H28N2/c1-2-18-12-6-9-16-10-13-19(14-11-16)15-17-7-4-3-5-8-17/h3-5,7-8,16,18H,2,6,9-15H2,1H3. The summed E-state index contributed by atoms with van der Waals surface area (Å²) in [6, 6.07) is 10.9. The van der Waals surface area contributed by atoms with Crippen LogP contribution < -0.4 is 5.32 Å². The van der Waals surface area contributed by atoms with Crippen LogP contribution in [0.1, 0.15) is 38.2 Å². The first kappa shape index (κ1) is 14.5. The molecule has 0 amide bonds. The maximum Gasteiger partial charge on any atom is 0.0233 e. The molecule has 19 heavy (non-hydrogen) atoms. The van der Waals surface area contributed by atoms with Gasteiger partial charge in [0, 0.05) is 6.54 Å². The van der Waals surface area contributed by atoms with E-state index in [0.717, 1.165) is 19.0 Å². The van der Waals surface area contributed by atoms with Gasteiger partial charge in [0.1, 0.15) is 0 Å². The zero-order valence-corrected chi connectivity index (χ0v) is 12.3. The Labute approximate surface area is 118 Å². The van der Waals surface area contributed by atoms with Gasteiger partial charge in [-0.3, -0.25) is 4.90 Å². The van der Waals surface area contributed by atoms with Gasteiger partial charge in [-0.15, -0.1) is 0 Å². The molecule has 0 aliphatic carbocycles. The van der Waals surface area contributed by atoms with Gasteiger partial charge in [-0.2, -0.15) is 0 Å². The van der Waals surface area contributed by atoms with Crippen molar-refractivity contribution in [3.05, 3.63) is 35.9 Å². The molecule has 2 heteroatoms. The van der Waals surface area contributed by atoms with Crippen molar-refractivity contribution in [3.8, 4) is 0 Å². The van der Waals surface area contributed by atoms with Crippen molar-refractivity contribution in [3.63, 3.8) is 0 Å². The summed E-state index contributed by atoms with van der Waals surface area (Å²) in [6.07, 6.45) is 5.53. The quantitative estimate of drug-likeness (QED) is 0.757. The first-order valence-electron chi connectivity index (χ1n) is 7.85. The molecule has 2 rings (SSSR count). The van der Waals surface area contributed by atoms with Crippen LogP contribution in [0.2, 0.25) is 0 Å².